The summed E-state index contributed by atoms with van der Waals surface area (Å²) in [5, 5.41) is 3.85. The summed E-state index contributed by atoms with van der Waals surface area (Å²) in [5.41, 5.74) is 3.25. The van der Waals surface area contributed by atoms with E-state index in [0.29, 0.717) is 12.0 Å². The second kappa shape index (κ2) is 8.19. The molecule has 2 aromatic carbocycles. The first-order chi connectivity index (χ1) is 11.7. The summed E-state index contributed by atoms with van der Waals surface area (Å²) >= 11 is 0. The maximum atomic E-state index is 3.85. The van der Waals surface area contributed by atoms with E-state index in [0.717, 1.165) is 13.0 Å². The third-order valence-electron chi connectivity index (χ3n) is 5.16. The monoisotopic (exact) mass is 337 g/mol. The molecule has 2 atom stereocenters. The highest BCUT2D eigenvalue weighted by Gasteiger charge is 2.33. The molecule has 0 aliphatic rings. The van der Waals surface area contributed by atoms with Gasteiger partial charge in [-0.05, 0) is 34.3 Å². The molecule has 0 spiro atoms. The molecule has 2 aromatic rings. The number of rotatable bonds is 6. The highest BCUT2D eigenvalue weighted by molar-refractivity contribution is 5.22. The normalized spacial score (nSPS) is 15.0. The van der Waals surface area contributed by atoms with Crippen LogP contribution in [0.5, 0.6) is 0 Å². The summed E-state index contributed by atoms with van der Waals surface area (Å²) in [6.45, 7) is 15.1. The number of hydrogen-bond acceptors (Lipinski definition) is 1. The smallest absolute Gasteiger partial charge is 0.0208 e. The van der Waals surface area contributed by atoms with E-state index in [2.05, 4.69) is 108 Å². The molecular weight excluding hydrogens is 302 g/mol. The predicted octanol–water partition coefficient (Wildman–Crippen LogP) is 6.41. The lowest BCUT2D eigenvalue weighted by Gasteiger charge is -2.39. The first-order valence-electron chi connectivity index (χ1n) is 9.50. The average Bonchev–Trinajstić information content (AvgIpc) is 2.54. The van der Waals surface area contributed by atoms with Crippen molar-refractivity contribution < 1.29 is 0 Å². The van der Waals surface area contributed by atoms with E-state index in [1.807, 2.05) is 0 Å². The van der Waals surface area contributed by atoms with E-state index in [9.17, 15) is 0 Å². The largest absolute Gasteiger partial charge is 0.309 e. The summed E-state index contributed by atoms with van der Waals surface area (Å²) in [4.78, 5) is 0. The number of hydrogen-bond donors (Lipinski definition) is 1. The molecule has 0 heterocycles. The Morgan fingerprint density at radius 2 is 1.24 bits per heavy atom. The molecule has 0 aliphatic heterocycles. The topological polar surface area (TPSA) is 12.0 Å². The van der Waals surface area contributed by atoms with Gasteiger partial charge in [0.15, 0.2) is 0 Å². The van der Waals surface area contributed by atoms with E-state index >= 15 is 0 Å². The van der Waals surface area contributed by atoms with Gasteiger partial charge < -0.3 is 5.32 Å². The molecule has 0 aliphatic carbocycles. The first-order valence-corrected chi connectivity index (χ1v) is 9.50. The Morgan fingerprint density at radius 1 is 0.720 bits per heavy atom. The Morgan fingerprint density at radius 3 is 1.72 bits per heavy atom. The highest BCUT2D eigenvalue weighted by Crippen LogP contribution is 2.41. The fourth-order valence-electron chi connectivity index (χ4n) is 3.49. The van der Waals surface area contributed by atoms with E-state index in [-0.39, 0.29) is 10.8 Å². The highest BCUT2D eigenvalue weighted by atomic mass is 14.9. The summed E-state index contributed by atoms with van der Waals surface area (Å²) in [5.74, 6) is 0.529. The van der Waals surface area contributed by atoms with E-state index < -0.39 is 0 Å². The van der Waals surface area contributed by atoms with Crippen molar-refractivity contribution in [3.8, 4) is 0 Å². The Hall–Kier alpha value is -1.60. The van der Waals surface area contributed by atoms with Crippen molar-refractivity contribution in [2.24, 2.45) is 10.8 Å². The van der Waals surface area contributed by atoms with E-state index in [4.69, 9.17) is 0 Å². The van der Waals surface area contributed by atoms with Crippen LogP contribution < -0.4 is 5.32 Å². The van der Waals surface area contributed by atoms with Gasteiger partial charge in [0.05, 0.1) is 0 Å². The molecule has 1 heteroatoms. The lowest BCUT2D eigenvalue weighted by molar-refractivity contribution is 0.197. The molecule has 0 saturated heterocycles. The van der Waals surface area contributed by atoms with Gasteiger partial charge in [-0.3, -0.25) is 0 Å². The fourth-order valence-corrected chi connectivity index (χ4v) is 3.49. The predicted molar refractivity (Wildman–Crippen MR) is 110 cm³/mol. The van der Waals surface area contributed by atoms with Gasteiger partial charge in [-0.2, -0.15) is 0 Å². The third kappa shape index (κ3) is 6.01. The molecule has 1 nitrogen and oxygen atoms in total. The van der Waals surface area contributed by atoms with Gasteiger partial charge in [-0.1, -0.05) is 102 Å². The summed E-state index contributed by atoms with van der Waals surface area (Å²) in [6.07, 6.45) is 1.14. The Kier molecular flexibility index (Phi) is 6.46. The number of benzene rings is 2. The zero-order valence-electron chi connectivity index (χ0n) is 16.8. The average molecular weight is 338 g/mol. The van der Waals surface area contributed by atoms with Gasteiger partial charge in [0, 0.05) is 12.6 Å². The van der Waals surface area contributed by atoms with Crippen molar-refractivity contribution in [3.63, 3.8) is 0 Å². The van der Waals surface area contributed by atoms with Crippen LogP contribution in [0.2, 0.25) is 0 Å². The summed E-state index contributed by atoms with van der Waals surface area (Å²) in [7, 11) is 0. The standard InChI is InChI=1S/C24H35N/c1-23(2,3)21(20-15-11-8-12-16-20)17-22(24(4,5)6)25-18-19-13-9-7-10-14-19/h7-16,21-22,25H,17-18H2,1-6H3. The maximum absolute atomic E-state index is 3.85. The van der Waals surface area contributed by atoms with Gasteiger partial charge in [-0.15, -0.1) is 0 Å². The van der Waals surface area contributed by atoms with Crippen molar-refractivity contribution in [2.75, 3.05) is 0 Å². The van der Waals surface area contributed by atoms with Gasteiger partial charge in [0.2, 0.25) is 0 Å². The number of nitrogens with one attached hydrogen (secondary N) is 1. The Bertz CT molecular complexity index is 617. The third-order valence-corrected chi connectivity index (χ3v) is 5.16. The van der Waals surface area contributed by atoms with Gasteiger partial charge in [0.25, 0.3) is 0 Å². The van der Waals surface area contributed by atoms with Crippen LogP contribution in [0.4, 0.5) is 0 Å². The van der Waals surface area contributed by atoms with Crippen LogP contribution in [0, 0.1) is 10.8 Å². The minimum atomic E-state index is 0.215. The Balaban J connectivity index is 2.18. The molecule has 136 valence electrons. The van der Waals surface area contributed by atoms with E-state index in [1.165, 1.54) is 11.1 Å². The van der Waals surface area contributed by atoms with E-state index in [1.54, 1.807) is 0 Å². The molecule has 0 radical (unpaired) electrons. The molecule has 1 N–H and O–H groups in total. The molecule has 0 aromatic heterocycles. The molecule has 0 fully saturated rings. The maximum Gasteiger partial charge on any atom is 0.0208 e. The second-order valence-electron chi connectivity index (χ2n) is 9.35. The van der Waals surface area contributed by atoms with Crippen molar-refractivity contribution >= 4 is 0 Å². The van der Waals surface area contributed by atoms with Crippen LogP contribution in [-0.2, 0) is 6.54 Å². The van der Waals surface area contributed by atoms with Crippen LogP contribution in [0.1, 0.15) is 65.0 Å². The van der Waals surface area contributed by atoms with Crippen molar-refractivity contribution in [1.29, 1.82) is 0 Å². The minimum absolute atomic E-state index is 0.215. The molecule has 0 amide bonds. The van der Waals surface area contributed by atoms with Crippen molar-refractivity contribution in [2.45, 2.75) is 66.5 Å². The van der Waals surface area contributed by atoms with Crippen LogP contribution in [0.15, 0.2) is 60.7 Å². The quantitative estimate of drug-likeness (QED) is 0.642. The Labute approximate surface area is 154 Å². The first kappa shape index (κ1) is 19.7. The van der Waals surface area contributed by atoms with Gasteiger partial charge in [0.1, 0.15) is 0 Å². The van der Waals surface area contributed by atoms with Gasteiger partial charge in [-0.25, -0.2) is 0 Å². The molecule has 0 bridgehead atoms. The lowest BCUT2D eigenvalue weighted by Crippen LogP contribution is -2.42. The molecule has 2 rings (SSSR count). The lowest BCUT2D eigenvalue weighted by atomic mass is 9.70. The molecular formula is C24H35N. The second-order valence-corrected chi connectivity index (χ2v) is 9.35. The van der Waals surface area contributed by atoms with Crippen LogP contribution >= 0.6 is 0 Å². The fraction of sp³-hybridized carbons (Fsp3) is 0.500. The van der Waals surface area contributed by atoms with Crippen LogP contribution in [0.3, 0.4) is 0 Å². The summed E-state index contributed by atoms with van der Waals surface area (Å²) < 4.78 is 0. The van der Waals surface area contributed by atoms with Crippen molar-refractivity contribution in [1.82, 2.24) is 5.32 Å². The zero-order valence-corrected chi connectivity index (χ0v) is 16.8. The molecule has 0 saturated carbocycles. The van der Waals surface area contributed by atoms with Crippen LogP contribution in [0.25, 0.3) is 0 Å². The molecule has 2 unspecified atom stereocenters. The zero-order chi connectivity index (χ0) is 18.5. The molecule has 25 heavy (non-hydrogen) atoms. The minimum Gasteiger partial charge on any atom is -0.309 e. The SMILES string of the molecule is CC(C)(C)C(CC(c1ccccc1)C(C)(C)C)NCc1ccccc1. The van der Waals surface area contributed by atoms with Crippen molar-refractivity contribution in [3.05, 3.63) is 71.8 Å². The van der Waals surface area contributed by atoms with Gasteiger partial charge >= 0.3 is 0 Å². The van der Waals surface area contributed by atoms with Crippen LogP contribution in [-0.4, -0.2) is 6.04 Å². The summed E-state index contributed by atoms with van der Waals surface area (Å²) in [6, 6.07) is 22.2.